The molecule has 0 aliphatic carbocycles. The molecule has 1 saturated heterocycles. The SMILES string of the molecule is NC(=O)[C@H]1CCN(C(=O)c2ccc(-c3ccccc3F)o2)C1. The van der Waals surface area contributed by atoms with Crippen LogP contribution in [0.1, 0.15) is 17.0 Å². The number of benzene rings is 1. The summed E-state index contributed by atoms with van der Waals surface area (Å²) in [5.74, 6) is -1.01. The van der Waals surface area contributed by atoms with Crippen molar-refractivity contribution in [2.75, 3.05) is 13.1 Å². The molecule has 0 bridgehead atoms. The maximum Gasteiger partial charge on any atom is 0.289 e. The van der Waals surface area contributed by atoms with Crippen molar-refractivity contribution in [1.29, 1.82) is 0 Å². The van der Waals surface area contributed by atoms with Gasteiger partial charge in [0, 0.05) is 13.1 Å². The van der Waals surface area contributed by atoms with Gasteiger partial charge in [0.1, 0.15) is 11.6 Å². The molecule has 114 valence electrons. The van der Waals surface area contributed by atoms with Gasteiger partial charge in [0.25, 0.3) is 5.91 Å². The van der Waals surface area contributed by atoms with E-state index >= 15 is 0 Å². The van der Waals surface area contributed by atoms with E-state index in [1.807, 2.05) is 0 Å². The summed E-state index contributed by atoms with van der Waals surface area (Å²) in [6.07, 6.45) is 0.557. The average molecular weight is 302 g/mol. The maximum absolute atomic E-state index is 13.7. The second-order valence-corrected chi connectivity index (χ2v) is 5.28. The zero-order chi connectivity index (χ0) is 15.7. The Morgan fingerprint density at radius 1 is 1.23 bits per heavy atom. The second-order valence-electron chi connectivity index (χ2n) is 5.28. The number of likely N-dealkylation sites (tertiary alicyclic amines) is 1. The number of halogens is 1. The summed E-state index contributed by atoms with van der Waals surface area (Å²) < 4.78 is 19.2. The lowest BCUT2D eigenvalue weighted by Crippen LogP contribution is -2.31. The van der Waals surface area contributed by atoms with Gasteiger partial charge >= 0.3 is 0 Å². The molecule has 5 nitrogen and oxygen atoms in total. The third-order valence-electron chi connectivity index (χ3n) is 3.83. The van der Waals surface area contributed by atoms with Crippen LogP contribution in [0.25, 0.3) is 11.3 Å². The topological polar surface area (TPSA) is 76.5 Å². The van der Waals surface area contributed by atoms with Gasteiger partial charge < -0.3 is 15.1 Å². The van der Waals surface area contributed by atoms with Crippen molar-refractivity contribution < 1.29 is 18.4 Å². The van der Waals surface area contributed by atoms with Gasteiger partial charge in [-0.3, -0.25) is 9.59 Å². The number of furan rings is 1. The van der Waals surface area contributed by atoms with Gasteiger partial charge in [-0.05, 0) is 30.7 Å². The van der Waals surface area contributed by atoms with Gasteiger partial charge in [-0.25, -0.2) is 4.39 Å². The van der Waals surface area contributed by atoms with Crippen molar-refractivity contribution in [2.45, 2.75) is 6.42 Å². The number of hydrogen-bond donors (Lipinski definition) is 1. The molecule has 6 heteroatoms. The molecule has 0 spiro atoms. The van der Waals surface area contributed by atoms with Crippen LogP contribution in [-0.2, 0) is 4.79 Å². The maximum atomic E-state index is 13.7. The number of amides is 2. The number of hydrogen-bond acceptors (Lipinski definition) is 3. The molecular weight excluding hydrogens is 287 g/mol. The van der Waals surface area contributed by atoms with E-state index in [-0.39, 0.29) is 17.6 Å². The quantitative estimate of drug-likeness (QED) is 0.942. The summed E-state index contributed by atoms with van der Waals surface area (Å²) in [6.45, 7) is 0.756. The molecule has 22 heavy (non-hydrogen) atoms. The predicted octanol–water partition coefficient (Wildman–Crippen LogP) is 2.03. The highest BCUT2D eigenvalue weighted by molar-refractivity contribution is 5.93. The Morgan fingerprint density at radius 2 is 2.00 bits per heavy atom. The summed E-state index contributed by atoms with van der Waals surface area (Å²) in [7, 11) is 0. The standard InChI is InChI=1S/C16H15FN2O3/c17-12-4-2-1-3-11(12)13-5-6-14(22-13)16(21)19-8-7-10(9-19)15(18)20/h1-6,10H,7-9H2,(H2,18,20)/t10-/m0/s1. The molecule has 2 aromatic rings. The Bertz CT molecular complexity index is 726. The largest absolute Gasteiger partial charge is 0.451 e. The zero-order valence-corrected chi connectivity index (χ0v) is 11.8. The van der Waals surface area contributed by atoms with Crippen molar-refractivity contribution in [1.82, 2.24) is 4.90 Å². The first-order chi connectivity index (χ1) is 10.6. The fraction of sp³-hybridized carbons (Fsp3) is 0.250. The number of primary amides is 1. The molecule has 1 aliphatic heterocycles. The van der Waals surface area contributed by atoms with Crippen LogP contribution in [-0.4, -0.2) is 29.8 Å². The van der Waals surface area contributed by atoms with Crippen LogP contribution in [0.2, 0.25) is 0 Å². The van der Waals surface area contributed by atoms with Crippen LogP contribution in [0.4, 0.5) is 4.39 Å². The molecule has 1 aliphatic rings. The number of carbonyl (C=O) groups excluding carboxylic acids is 2. The number of rotatable bonds is 3. The molecule has 2 heterocycles. The zero-order valence-electron chi connectivity index (χ0n) is 11.8. The third kappa shape index (κ3) is 2.59. The minimum absolute atomic E-state index is 0.128. The molecule has 1 atom stereocenters. The van der Waals surface area contributed by atoms with Crippen LogP contribution in [0, 0.1) is 11.7 Å². The molecule has 1 fully saturated rings. The molecule has 3 rings (SSSR count). The molecule has 2 amide bonds. The lowest BCUT2D eigenvalue weighted by Gasteiger charge is -2.13. The fourth-order valence-electron chi connectivity index (χ4n) is 2.59. The molecular formula is C16H15FN2O3. The third-order valence-corrected chi connectivity index (χ3v) is 3.83. The van der Waals surface area contributed by atoms with E-state index < -0.39 is 11.7 Å². The predicted molar refractivity (Wildman–Crippen MR) is 77.3 cm³/mol. The molecule has 1 aromatic carbocycles. The number of nitrogens with two attached hydrogens (primary N) is 1. The van der Waals surface area contributed by atoms with E-state index in [1.165, 1.54) is 17.0 Å². The normalized spacial score (nSPS) is 17.7. The summed E-state index contributed by atoms with van der Waals surface area (Å²) in [5, 5.41) is 0. The lowest BCUT2D eigenvalue weighted by atomic mass is 10.1. The Kier molecular flexibility index (Phi) is 3.66. The summed E-state index contributed by atoms with van der Waals surface area (Å²) in [6, 6.07) is 9.27. The van der Waals surface area contributed by atoms with Gasteiger partial charge in [-0.2, -0.15) is 0 Å². The highest BCUT2D eigenvalue weighted by Crippen LogP contribution is 2.26. The van der Waals surface area contributed by atoms with Gasteiger partial charge in [0.05, 0.1) is 11.5 Å². The van der Waals surface area contributed by atoms with Crippen LogP contribution < -0.4 is 5.73 Å². The molecule has 2 N–H and O–H groups in total. The molecule has 0 saturated carbocycles. The van der Waals surface area contributed by atoms with Crippen molar-refractivity contribution in [2.24, 2.45) is 11.7 Å². The molecule has 1 aromatic heterocycles. The minimum atomic E-state index is -0.411. The summed E-state index contributed by atoms with van der Waals surface area (Å²) in [5.41, 5.74) is 5.56. The molecule has 0 radical (unpaired) electrons. The highest BCUT2D eigenvalue weighted by atomic mass is 19.1. The number of nitrogens with zero attached hydrogens (tertiary/aromatic N) is 1. The second kappa shape index (κ2) is 5.63. The van der Waals surface area contributed by atoms with Crippen LogP contribution >= 0.6 is 0 Å². The fourth-order valence-corrected chi connectivity index (χ4v) is 2.59. The van der Waals surface area contributed by atoms with Crippen LogP contribution in [0.15, 0.2) is 40.8 Å². The average Bonchev–Trinajstić information content (AvgIpc) is 3.17. The molecule has 0 unspecified atom stereocenters. The van der Waals surface area contributed by atoms with Crippen LogP contribution in [0.5, 0.6) is 0 Å². The van der Waals surface area contributed by atoms with Crippen molar-refractivity contribution in [3.05, 3.63) is 48.0 Å². The first-order valence-electron chi connectivity index (χ1n) is 6.99. The van der Waals surface area contributed by atoms with E-state index in [1.54, 1.807) is 24.3 Å². The van der Waals surface area contributed by atoms with Crippen molar-refractivity contribution in [3.8, 4) is 11.3 Å². The van der Waals surface area contributed by atoms with Crippen LogP contribution in [0.3, 0.4) is 0 Å². The Balaban J connectivity index is 1.78. The lowest BCUT2D eigenvalue weighted by molar-refractivity contribution is -0.121. The first-order valence-corrected chi connectivity index (χ1v) is 6.99. The van der Waals surface area contributed by atoms with E-state index in [0.29, 0.717) is 30.8 Å². The summed E-state index contributed by atoms with van der Waals surface area (Å²) >= 11 is 0. The van der Waals surface area contributed by atoms with Gasteiger partial charge in [0.2, 0.25) is 5.91 Å². The van der Waals surface area contributed by atoms with E-state index in [2.05, 4.69) is 0 Å². The van der Waals surface area contributed by atoms with Gasteiger partial charge in [-0.1, -0.05) is 12.1 Å². The summed E-state index contributed by atoms with van der Waals surface area (Å²) in [4.78, 5) is 25.0. The van der Waals surface area contributed by atoms with Gasteiger partial charge in [0.15, 0.2) is 5.76 Å². The Hall–Kier alpha value is -2.63. The van der Waals surface area contributed by atoms with E-state index in [4.69, 9.17) is 10.2 Å². The Morgan fingerprint density at radius 3 is 2.68 bits per heavy atom. The monoisotopic (exact) mass is 302 g/mol. The first kappa shape index (κ1) is 14.3. The highest BCUT2D eigenvalue weighted by Gasteiger charge is 2.31. The van der Waals surface area contributed by atoms with E-state index in [0.717, 1.165) is 0 Å². The van der Waals surface area contributed by atoms with Crippen molar-refractivity contribution >= 4 is 11.8 Å². The van der Waals surface area contributed by atoms with Crippen molar-refractivity contribution in [3.63, 3.8) is 0 Å². The van der Waals surface area contributed by atoms with Gasteiger partial charge in [-0.15, -0.1) is 0 Å². The number of carbonyl (C=O) groups is 2. The Labute approximate surface area is 126 Å². The van der Waals surface area contributed by atoms with E-state index in [9.17, 15) is 14.0 Å². The minimum Gasteiger partial charge on any atom is -0.451 e. The smallest absolute Gasteiger partial charge is 0.289 e.